The molecule has 100 valence electrons. The molecule has 1 aromatic rings. The van der Waals surface area contributed by atoms with Crippen molar-refractivity contribution in [3.63, 3.8) is 0 Å². The molecule has 2 rings (SSSR count). The monoisotopic (exact) mass is 268 g/mol. The molecule has 0 atom stereocenters. The smallest absolute Gasteiger partial charge is 0.240 e. The number of nitrogens with one attached hydrogen (secondary N) is 1. The fourth-order valence-corrected chi connectivity index (χ4v) is 3.17. The van der Waals surface area contributed by atoms with Crippen molar-refractivity contribution in [1.82, 2.24) is 4.72 Å². The van der Waals surface area contributed by atoms with Crippen LogP contribution in [-0.2, 0) is 16.4 Å². The van der Waals surface area contributed by atoms with Crippen molar-refractivity contribution >= 4 is 10.0 Å². The fourth-order valence-electron chi connectivity index (χ4n) is 2.03. The van der Waals surface area contributed by atoms with Gasteiger partial charge >= 0.3 is 0 Å². The molecular weight excluding hydrogens is 248 g/mol. The maximum absolute atomic E-state index is 12.1. The van der Waals surface area contributed by atoms with E-state index in [-0.39, 0.29) is 5.54 Å². The van der Waals surface area contributed by atoms with Crippen LogP contribution in [0.2, 0.25) is 0 Å². The lowest BCUT2D eigenvalue weighted by Crippen LogP contribution is -2.54. The summed E-state index contributed by atoms with van der Waals surface area (Å²) in [7, 11) is -3.42. The highest BCUT2D eigenvalue weighted by Gasteiger charge is 2.33. The summed E-state index contributed by atoms with van der Waals surface area (Å²) in [5, 5.41) is 0. The van der Waals surface area contributed by atoms with Gasteiger partial charge in [-0.3, -0.25) is 0 Å². The van der Waals surface area contributed by atoms with Gasteiger partial charge in [-0.15, -0.1) is 0 Å². The van der Waals surface area contributed by atoms with Crippen molar-refractivity contribution in [2.45, 2.75) is 43.0 Å². The van der Waals surface area contributed by atoms with Crippen LogP contribution in [0.4, 0.5) is 0 Å². The summed E-state index contributed by atoms with van der Waals surface area (Å²) in [5.41, 5.74) is 6.80. The molecule has 1 aliphatic rings. The lowest BCUT2D eigenvalue weighted by Gasteiger charge is -2.38. The minimum Gasteiger partial charge on any atom is -0.324 e. The van der Waals surface area contributed by atoms with Gasteiger partial charge in [-0.1, -0.05) is 19.1 Å². The molecular formula is C13H20N2O2S. The van der Waals surface area contributed by atoms with Gasteiger partial charge in [0.2, 0.25) is 10.0 Å². The zero-order valence-electron chi connectivity index (χ0n) is 10.6. The van der Waals surface area contributed by atoms with Crippen LogP contribution in [-0.4, -0.2) is 20.5 Å². The predicted molar refractivity (Wildman–Crippen MR) is 71.8 cm³/mol. The van der Waals surface area contributed by atoms with Crippen molar-refractivity contribution in [2.24, 2.45) is 5.73 Å². The lowest BCUT2D eigenvalue weighted by atomic mass is 9.78. The second-order valence-electron chi connectivity index (χ2n) is 5.04. The number of rotatable bonds is 5. The lowest BCUT2D eigenvalue weighted by molar-refractivity contribution is 0.251. The predicted octanol–water partition coefficient (Wildman–Crippen LogP) is 1.41. The molecule has 4 nitrogen and oxygen atoms in total. The maximum atomic E-state index is 12.1. The van der Waals surface area contributed by atoms with E-state index < -0.39 is 10.0 Å². The maximum Gasteiger partial charge on any atom is 0.240 e. The van der Waals surface area contributed by atoms with Crippen LogP contribution in [0.5, 0.6) is 0 Å². The third-order valence-electron chi connectivity index (χ3n) is 3.61. The van der Waals surface area contributed by atoms with E-state index in [1.807, 2.05) is 19.1 Å². The topological polar surface area (TPSA) is 72.2 Å². The molecule has 0 saturated heterocycles. The van der Waals surface area contributed by atoms with Gasteiger partial charge in [-0.2, -0.15) is 0 Å². The van der Waals surface area contributed by atoms with Gasteiger partial charge in [-0.05, 0) is 43.4 Å². The molecule has 0 radical (unpaired) electrons. The van der Waals surface area contributed by atoms with Gasteiger partial charge in [0.1, 0.15) is 0 Å². The number of sulfonamides is 1. The first-order chi connectivity index (χ1) is 8.45. The summed E-state index contributed by atoms with van der Waals surface area (Å²) in [4.78, 5) is 0.308. The van der Waals surface area contributed by atoms with Gasteiger partial charge in [0.15, 0.2) is 0 Å². The Bertz CT molecular complexity index is 504. The molecule has 3 N–H and O–H groups in total. The van der Waals surface area contributed by atoms with Gasteiger partial charge in [0.25, 0.3) is 0 Å². The highest BCUT2D eigenvalue weighted by Crippen LogP contribution is 2.28. The zero-order valence-corrected chi connectivity index (χ0v) is 11.5. The summed E-state index contributed by atoms with van der Waals surface area (Å²) in [5.74, 6) is 0. The molecule has 5 heteroatoms. The van der Waals surface area contributed by atoms with Crippen molar-refractivity contribution < 1.29 is 8.42 Å². The molecule has 0 spiro atoms. The average molecular weight is 268 g/mol. The van der Waals surface area contributed by atoms with Crippen LogP contribution in [0.3, 0.4) is 0 Å². The van der Waals surface area contributed by atoms with Crippen LogP contribution in [0.15, 0.2) is 29.2 Å². The van der Waals surface area contributed by atoms with Crippen molar-refractivity contribution in [3.8, 4) is 0 Å². The second kappa shape index (κ2) is 4.99. The minimum atomic E-state index is -3.42. The van der Waals surface area contributed by atoms with Crippen molar-refractivity contribution in [3.05, 3.63) is 29.8 Å². The second-order valence-corrected chi connectivity index (χ2v) is 6.80. The van der Waals surface area contributed by atoms with Gasteiger partial charge in [0, 0.05) is 12.1 Å². The Labute approximate surface area is 109 Å². The third-order valence-corrected chi connectivity index (χ3v) is 5.02. The molecule has 1 aliphatic carbocycles. The zero-order chi connectivity index (χ0) is 13.2. The van der Waals surface area contributed by atoms with E-state index in [1.165, 1.54) is 0 Å². The van der Waals surface area contributed by atoms with Crippen LogP contribution >= 0.6 is 0 Å². The first kappa shape index (κ1) is 13.5. The Balaban J connectivity index is 2.05. The largest absolute Gasteiger partial charge is 0.324 e. The minimum absolute atomic E-state index is 0.308. The Hall–Kier alpha value is -0.910. The standard InChI is InChI=1S/C13H20N2O2S/c1-2-11-4-6-12(7-5-11)18(16,17)15-10-13(14)8-3-9-13/h4-7,15H,2-3,8-10,14H2,1H3. The molecule has 1 aromatic carbocycles. The molecule has 0 unspecified atom stereocenters. The van der Waals surface area contributed by atoms with Crippen LogP contribution in [0.25, 0.3) is 0 Å². The summed E-state index contributed by atoms with van der Waals surface area (Å²) in [6, 6.07) is 6.97. The fraction of sp³-hybridized carbons (Fsp3) is 0.538. The first-order valence-corrected chi connectivity index (χ1v) is 7.81. The summed E-state index contributed by atoms with van der Waals surface area (Å²) >= 11 is 0. The van der Waals surface area contributed by atoms with E-state index in [2.05, 4.69) is 4.72 Å². The molecule has 1 saturated carbocycles. The SMILES string of the molecule is CCc1ccc(S(=O)(=O)NCC2(N)CCC2)cc1. The van der Waals surface area contributed by atoms with E-state index in [0.29, 0.717) is 11.4 Å². The highest BCUT2D eigenvalue weighted by atomic mass is 32.2. The number of benzene rings is 1. The normalized spacial score (nSPS) is 18.3. The molecule has 0 aromatic heterocycles. The average Bonchev–Trinajstić information content (AvgIpc) is 2.34. The van der Waals surface area contributed by atoms with E-state index in [4.69, 9.17) is 5.73 Å². The first-order valence-electron chi connectivity index (χ1n) is 6.33. The quantitative estimate of drug-likeness (QED) is 0.848. The number of hydrogen-bond donors (Lipinski definition) is 2. The Morgan fingerprint density at radius 3 is 2.33 bits per heavy atom. The molecule has 18 heavy (non-hydrogen) atoms. The number of aryl methyl sites for hydroxylation is 1. The number of nitrogens with two attached hydrogens (primary N) is 1. The van der Waals surface area contributed by atoms with Crippen molar-refractivity contribution in [1.29, 1.82) is 0 Å². The van der Waals surface area contributed by atoms with Crippen molar-refractivity contribution in [2.75, 3.05) is 6.54 Å². The van der Waals surface area contributed by atoms with E-state index in [9.17, 15) is 8.42 Å². The molecule has 0 amide bonds. The van der Waals surface area contributed by atoms with E-state index >= 15 is 0 Å². The summed E-state index contributed by atoms with van der Waals surface area (Å²) in [6.07, 6.45) is 3.78. The summed E-state index contributed by atoms with van der Waals surface area (Å²) < 4.78 is 26.7. The molecule has 0 bridgehead atoms. The van der Waals surface area contributed by atoms with Crippen LogP contribution < -0.4 is 10.5 Å². The van der Waals surface area contributed by atoms with E-state index in [0.717, 1.165) is 31.2 Å². The van der Waals surface area contributed by atoms with Crippen LogP contribution in [0.1, 0.15) is 31.7 Å². The molecule has 0 heterocycles. The van der Waals surface area contributed by atoms with Crippen LogP contribution in [0, 0.1) is 0 Å². The number of hydrogen-bond acceptors (Lipinski definition) is 3. The highest BCUT2D eigenvalue weighted by molar-refractivity contribution is 7.89. The molecule has 1 fully saturated rings. The van der Waals surface area contributed by atoms with Gasteiger partial charge in [0.05, 0.1) is 4.90 Å². The summed E-state index contributed by atoms with van der Waals surface area (Å²) in [6.45, 7) is 2.36. The molecule has 0 aliphatic heterocycles. The third kappa shape index (κ3) is 2.91. The van der Waals surface area contributed by atoms with Gasteiger partial charge in [-0.25, -0.2) is 13.1 Å². The van der Waals surface area contributed by atoms with E-state index in [1.54, 1.807) is 12.1 Å². The Morgan fingerprint density at radius 2 is 1.89 bits per heavy atom. The Morgan fingerprint density at radius 1 is 1.28 bits per heavy atom. The van der Waals surface area contributed by atoms with Gasteiger partial charge < -0.3 is 5.73 Å². The Kier molecular flexibility index (Phi) is 3.75.